The molecule has 3 heterocycles. The van der Waals surface area contributed by atoms with Gasteiger partial charge < -0.3 is 19.9 Å². The van der Waals surface area contributed by atoms with E-state index in [0.717, 1.165) is 10.2 Å². The van der Waals surface area contributed by atoms with Gasteiger partial charge in [-0.1, -0.05) is 26.0 Å². The fourth-order valence-corrected chi connectivity index (χ4v) is 5.19. The second-order valence-electron chi connectivity index (χ2n) is 8.52. The number of thiazole rings is 1. The zero-order chi connectivity index (χ0) is 21.1. The molecule has 0 aliphatic carbocycles. The van der Waals surface area contributed by atoms with Gasteiger partial charge in [0.05, 0.1) is 29.3 Å². The minimum absolute atomic E-state index is 0. The maximum atomic E-state index is 13.5. The van der Waals surface area contributed by atoms with Gasteiger partial charge in [0.25, 0.3) is 5.91 Å². The van der Waals surface area contributed by atoms with Crippen molar-refractivity contribution in [3.05, 3.63) is 29.3 Å². The molecule has 7 nitrogen and oxygen atoms in total. The Labute approximate surface area is 193 Å². The summed E-state index contributed by atoms with van der Waals surface area (Å²) in [6, 6.07) is 7.82. The molecule has 0 radical (unpaired) electrons. The molecule has 2 aromatic rings. The number of carbonyl (C=O) groups is 2. The van der Waals surface area contributed by atoms with Gasteiger partial charge in [0.15, 0.2) is 5.01 Å². The number of aromatic nitrogens is 1. The second-order valence-corrected chi connectivity index (χ2v) is 9.55. The summed E-state index contributed by atoms with van der Waals surface area (Å²) in [6.07, 6.45) is 0.687. The van der Waals surface area contributed by atoms with Crippen molar-refractivity contribution in [2.24, 2.45) is 11.8 Å². The number of amides is 2. The monoisotopic (exact) mass is 466 g/mol. The molecule has 1 aromatic heterocycles. The lowest BCUT2D eigenvalue weighted by molar-refractivity contribution is -0.140. The molecule has 0 saturated carbocycles. The molecule has 2 amide bonds. The topological polar surface area (TPSA) is 74.8 Å². The van der Waals surface area contributed by atoms with Gasteiger partial charge >= 0.3 is 0 Å². The molecule has 2 saturated heterocycles. The molecule has 0 bridgehead atoms. The predicted molar refractivity (Wildman–Crippen MR) is 125 cm³/mol. The lowest BCUT2D eigenvalue weighted by Gasteiger charge is -2.39. The van der Waals surface area contributed by atoms with E-state index in [1.807, 2.05) is 34.1 Å². The Morgan fingerprint density at radius 2 is 2.00 bits per heavy atom. The average molecular weight is 467 g/mol. The quantitative estimate of drug-likeness (QED) is 0.733. The average Bonchev–Trinajstić information content (AvgIpc) is 3.21. The molecule has 2 atom stereocenters. The Hall–Kier alpha value is -1.74. The zero-order valence-electron chi connectivity index (χ0n) is 18.1. The highest BCUT2D eigenvalue weighted by molar-refractivity contribution is 7.20. The number of hydrogen-bond donors (Lipinski definition) is 1. The van der Waals surface area contributed by atoms with E-state index < -0.39 is 0 Å². The lowest BCUT2D eigenvalue weighted by atomic mass is 9.92. The third-order valence-corrected chi connectivity index (χ3v) is 6.76. The number of morpholine rings is 1. The molecular formula is C22H31ClN4O3S. The van der Waals surface area contributed by atoms with Crippen molar-refractivity contribution < 1.29 is 14.3 Å². The molecule has 31 heavy (non-hydrogen) atoms. The van der Waals surface area contributed by atoms with E-state index in [1.165, 1.54) is 11.3 Å². The molecule has 170 valence electrons. The largest absolute Gasteiger partial charge is 0.378 e. The molecule has 1 aromatic carbocycles. The normalized spacial score (nSPS) is 21.7. The first kappa shape index (κ1) is 23.9. The number of piperidine rings is 1. The number of rotatable bonds is 5. The van der Waals surface area contributed by atoms with Crippen molar-refractivity contribution in [3.8, 4) is 0 Å². The van der Waals surface area contributed by atoms with Crippen LogP contribution >= 0.6 is 23.7 Å². The fraction of sp³-hybridized carbons (Fsp3) is 0.591. The summed E-state index contributed by atoms with van der Waals surface area (Å²) >= 11 is 1.44. The highest BCUT2D eigenvalue weighted by Crippen LogP contribution is 2.26. The Balaban J connectivity index is 0.00000272. The van der Waals surface area contributed by atoms with Gasteiger partial charge in [0.1, 0.15) is 0 Å². The Morgan fingerprint density at radius 1 is 1.26 bits per heavy atom. The highest BCUT2D eigenvalue weighted by atomic mass is 35.5. The maximum Gasteiger partial charge on any atom is 0.283 e. The van der Waals surface area contributed by atoms with E-state index in [4.69, 9.17) is 4.74 Å². The summed E-state index contributed by atoms with van der Waals surface area (Å²) in [7, 11) is 0. The van der Waals surface area contributed by atoms with Crippen LogP contribution in [0.2, 0.25) is 0 Å². The summed E-state index contributed by atoms with van der Waals surface area (Å²) in [5.41, 5.74) is 0.859. The van der Waals surface area contributed by atoms with Gasteiger partial charge in [-0.05, 0) is 24.5 Å². The van der Waals surface area contributed by atoms with Crippen LogP contribution in [0.4, 0.5) is 0 Å². The Bertz CT molecular complexity index is 867. The molecule has 2 fully saturated rings. The number of ether oxygens (including phenoxy) is 1. The van der Waals surface area contributed by atoms with Crippen LogP contribution in [0.25, 0.3) is 10.2 Å². The van der Waals surface area contributed by atoms with Crippen LogP contribution in [0, 0.1) is 11.8 Å². The number of halogens is 1. The van der Waals surface area contributed by atoms with Crippen molar-refractivity contribution in [1.29, 1.82) is 0 Å². The fourth-order valence-electron chi connectivity index (χ4n) is 4.26. The minimum atomic E-state index is -0.111. The predicted octanol–water partition coefficient (Wildman–Crippen LogP) is 2.65. The van der Waals surface area contributed by atoms with Crippen molar-refractivity contribution in [2.45, 2.75) is 26.3 Å². The van der Waals surface area contributed by atoms with E-state index >= 15 is 0 Å². The van der Waals surface area contributed by atoms with Gasteiger partial charge in [-0.3, -0.25) is 9.59 Å². The van der Waals surface area contributed by atoms with Gasteiger partial charge in [0.2, 0.25) is 5.91 Å². The molecule has 2 aliphatic heterocycles. The first-order valence-corrected chi connectivity index (χ1v) is 11.6. The van der Waals surface area contributed by atoms with Crippen LogP contribution in [0.15, 0.2) is 24.3 Å². The van der Waals surface area contributed by atoms with Gasteiger partial charge in [-0.15, -0.1) is 23.7 Å². The van der Waals surface area contributed by atoms with E-state index in [0.29, 0.717) is 63.3 Å². The van der Waals surface area contributed by atoms with E-state index in [-0.39, 0.29) is 36.2 Å². The first-order chi connectivity index (χ1) is 14.5. The lowest BCUT2D eigenvalue weighted by Crippen LogP contribution is -2.55. The summed E-state index contributed by atoms with van der Waals surface area (Å²) in [6.45, 7) is 8.76. The molecule has 0 unspecified atom stereocenters. The van der Waals surface area contributed by atoms with Crippen LogP contribution < -0.4 is 5.32 Å². The standard InChI is InChI=1S/C22H30N4O3S.ClH/c1-15(2)14-26(22(28)20-24-18-5-3-4-6-19(18)30-20)17-11-16(12-23-13-17)21(27)25-7-9-29-10-8-25;/h3-6,15-17,23H,7-14H2,1-2H3;1H/t16-,17+;/m1./s1. The van der Waals surface area contributed by atoms with Crippen LogP contribution in [-0.4, -0.2) is 78.6 Å². The van der Waals surface area contributed by atoms with E-state index in [1.54, 1.807) is 0 Å². The third-order valence-electron chi connectivity index (χ3n) is 5.74. The minimum Gasteiger partial charge on any atom is -0.378 e. The Morgan fingerprint density at radius 3 is 2.71 bits per heavy atom. The van der Waals surface area contributed by atoms with Crippen LogP contribution in [-0.2, 0) is 9.53 Å². The van der Waals surface area contributed by atoms with Crippen LogP contribution in [0.3, 0.4) is 0 Å². The number of para-hydroxylation sites is 1. The number of hydrogen-bond acceptors (Lipinski definition) is 6. The number of benzene rings is 1. The molecule has 0 spiro atoms. The summed E-state index contributed by atoms with van der Waals surface area (Å²) in [5, 5.41) is 3.93. The summed E-state index contributed by atoms with van der Waals surface area (Å²) in [4.78, 5) is 34.9. The molecule has 4 rings (SSSR count). The molecule has 9 heteroatoms. The summed E-state index contributed by atoms with van der Waals surface area (Å²) < 4.78 is 6.40. The van der Waals surface area contributed by atoms with Crippen molar-refractivity contribution >= 4 is 45.8 Å². The highest BCUT2D eigenvalue weighted by Gasteiger charge is 2.36. The Kier molecular flexibility index (Phi) is 8.27. The number of fused-ring (bicyclic) bond motifs is 1. The number of nitrogens with one attached hydrogen (secondary N) is 1. The van der Waals surface area contributed by atoms with Crippen LogP contribution in [0.1, 0.15) is 30.1 Å². The number of carbonyl (C=O) groups excluding carboxylic acids is 2. The van der Waals surface area contributed by atoms with Gasteiger partial charge in [-0.2, -0.15) is 0 Å². The number of nitrogens with zero attached hydrogens (tertiary/aromatic N) is 3. The third kappa shape index (κ3) is 5.55. The SMILES string of the molecule is CC(C)CN(C(=O)c1nc2ccccc2s1)[C@@H]1CNC[C@H](C(=O)N2CCOCC2)C1.Cl. The van der Waals surface area contributed by atoms with Crippen LogP contribution in [0.5, 0.6) is 0 Å². The van der Waals surface area contributed by atoms with Crippen molar-refractivity contribution in [3.63, 3.8) is 0 Å². The molecule has 1 N–H and O–H groups in total. The smallest absolute Gasteiger partial charge is 0.283 e. The van der Waals surface area contributed by atoms with Crippen molar-refractivity contribution in [1.82, 2.24) is 20.1 Å². The molecular weight excluding hydrogens is 436 g/mol. The molecule has 2 aliphatic rings. The van der Waals surface area contributed by atoms with Gasteiger partial charge in [-0.25, -0.2) is 4.98 Å². The van der Waals surface area contributed by atoms with Gasteiger partial charge in [0, 0.05) is 38.8 Å². The maximum absolute atomic E-state index is 13.5. The zero-order valence-corrected chi connectivity index (χ0v) is 19.7. The summed E-state index contributed by atoms with van der Waals surface area (Å²) in [5.74, 6) is 0.363. The van der Waals surface area contributed by atoms with E-state index in [9.17, 15) is 9.59 Å². The first-order valence-electron chi connectivity index (χ1n) is 10.8. The van der Waals surface area contributed by atoms with E-state index in [2.05, 4.69) is 24.1 Å². The van der Waals surface area contributed by atoms with Crippen molar-refractivity contribution in [2.75, 3.05) is 45.9 Å². The second kappa shape index (κ2) is 10.7.